The summed E-state index contributed by atoms with van der Waals surface area (Å²) in [7, 11) is 0. The van der Waals surface area contributed by atoms with Crippen LogP contribution in [0.3, 0.4) is 0 Å². The van der Waals surface area contributed by atoms with Crippen molar-refractivity contribution in [1.29, 1.82) is 0 Å². The predicted molar refractivity (Wildman–Crippen MR) is 119 cm³/mol. The number of primary amides is 1. The molecule has 3 rings (SSSR count). The normalized spacial score (nSPS) is 11.3. The van der Waals surface area contributed by atoms with E-state index in [0.29, 0.717) is 12.3 Å². The lowest BCUT2D eigenvalue weighted by Crippen LogP contribution is -2.15. The van der Waals surface area contributed by atoms with Crippen LogP contribution in [0.15, 0.2) is 34.8 Å². The molecule has 0 saturated heterocycles. The van der Waals surface area contributed by atoms with Crippen LogP contribution in [0.4, 0.5) is 0 Å². The summed E-state index contributed by atoms with van der Waals surface area (Å²) in [6.07, 6.45) is 1.84. The van der Waals surface area contributed by atoms with E-state index >= 15 is 0 Å². The maximum absolute atomic E-state index is 11.1. The summed E-state index contributed by atoms with van der Waals surface area (Å²) in [5, 5.41) is 12.6. The first-order chi connectivity index (χ1) is 14.0. The number of nitrogens with zero attached hydrogens (tertiary/aromatic N) is 4. The number of nitrogens with two attached hydrogens (primary N) is 1. The smallest absolute Gasteiger partial charge is 0.217 e. The van der Waals surface area contributed by atoms with Crippen molar-refractivity contribution < 1.29 is 4.79 Å². The van der Waals surface area contributed by atoms with E-state index in [1.54, 1.807) is 23.1 Å². The molecule has 3 aromatic rings. The lowest BCUT2D eigenvalue weighted by atomic mass is 10.1. The quantitative estimate of drug-likeness (QED) is 0.485. The van der Waals surface area contributed by atoms with Crippen molar-refractivity contribution >= 4 is 29.0 Å². The first-order valence-electron chi connectivity index (χ1n) is 9.83. The first-order valence-corrected chi connectivity index (χ1v) is 11.7. The minimum atomic E-state index is -0.319. The number of carbonyl (C=O) groups excluding carboxylic acids is 1. The highest BCUT2D eigenvalue weighted by atomic mass is 32.2. The standard InChI is InChI=1S/C21H27N5OS2/c1-4-15-5-7-16(8-6-15)20-23-17(12-28-20)13-29-21-25-24-19(10-9-18(22)27)26(21)11-14(2)3/h5-8,12,14H,4,9-11,13H2,1-3H3,(H2,22,27). The molecule has 29 heavy (non-hydrogen) atoms. The van der Waals surface area contributed by atoms with Gasteiger partial charge in [0.25, 0.3) is 0 Å². The maximum Gasteiger partial charge on any atom is 0.217 e. The second kappa shape index (κ2) is 10.0. The van der Waals surface area contributed by atoms with Crippen LogP contribution in [0.2, 0.25) is 0 Å². The van der Waals surface area contributed by atoms with Gasteiger partial charge in [0.2, 0.25) is 5.91 Å². The van der Waals surface area contributed by atoms with E-state index in [1.807, 2.05) is 0 Å². The molecule has 154 valence electrons. The lowest BCUT2D eigenvalue weighted by Gasteiger charge is -2.11. The van der Waals surface area contributed by atoms with Gasteiger partial charge < -0.3 is 10.3 Å². The molecule has 1 amide bonds. The molecule has 6 nitrogen and oxygen atoms in total. The Morgan fingerprint density at radius 2 is 2.00 bits per heavy atom. The predicted octanol–water partition coefficient (Wildman–Crippen LogP) is 4.33. The lowest BCUT2D eigenvalue weighted by molar-refractivity contribution is -0.118. The van der Waals surface area contributed by atoms with Gasteiger partial charge in [0.05, 0.1) is 5.69 Å². The third-order valence-corrected chi connectivity index (χ3v) is 6.39. The average molecular weight is 430 g/mol. The topological polar surface area (TPSA) is 86.7 Å². The molecule has 0 aliphatic carbocycles. The van der Waals surface area contributed by atoms with E-state index in [0.717, 1.165) is 46.0 Å². The third kappa shape index (κ3) is 5.90. The number of aromatic nitrogens is 4. The summed E-state index contributed by atoms with van der Waals surface area (Å²) < 4.78 is 2.11. The van der Waals surface area contributed by atoms with Crippen LogP contribution >= 0.6 is 23.1 Å². The summed E-state index contributed by atoms with van der Waals surface area (Å²) in [5.41, 5.74) is 8.81. The number of hydrogen-bond donors (Lipinski definition) is 1. The van der Waals surface area contributed by atoms with Gasteiger partial charge >= 0.3 is 0 Å². The van der Waals surface area contributed by atoms with Gasteiger partial charge in [-0.3, -0.25) is 4.79 Å². The number of carbonyl (C=O) groups is 1. The largest absolute Gasteiger partial charge is 0.370 e. The first kappa shape index (κ1) is 21.5. The molecule has 0 bridgehead atoms. The highest BCUT2D eigenvalue weighted by Gasteiger charge is 2.15. The minimum absolute atomic E-state index is 0.285. The van der Waals surface area contributed by atoms with Crippen molar-refractivity contribution in [2.24, 2.45) is 11.7 Å². The number of thioether (sulfide) groups is 1. The summed E-state index contributed by atoms with van der Waals surface area (Å²) in [6, 6.07) is 8.60. The second-order valence-electron chi connectivity index (χ2n) is 7.35. The molecule has 0 saturated carbocycles. The average Bonchev–Trinajstić information content (AvgIpc) is 3.31. The van der Waals surface area contributed by atoms with Crippen LogP contribution in [-0.2, 0) is 29.9 Å². The highest BCUT2D eigenvalue weighted by Crippen LogP contribution is 2.28. The zero-order chi connectivity index (χ0) is 20.8. The molecule has 0 spiro atoms. The fraction of sp³-hybridized carbons (Fsp3) is 0.429. The van der Waals surface area contributed by atoms with Crippen LogP contribution in [0.5, 0.6) is 0 Å². The molecule has 0 radical (unpaired) electrons. The van der Waals surface area contributed by atoms with E-state index in [4.69, 9.17) is 10.7 Å². The fourth-order valence-electron chi connectivity index (χ4n) is 2.92. The van der Waals surface area contributed by atoms with Crippen molar-refractivity contribution in [2.75, 3.05) is 0 Å². The Balaban J connectivity index is 1.69. The summed E-state index contributed by atoms with van der Waals surface area (Å²) >= 11 is 3.29. The molecule has 2 aromatic heterocycles. The van der Waals surface area contributed by atoms with Gasteiger partial charge in [0.1, 0.15) is 10.8 Å². The molecule has 8 heteroatoms. The minimum Gasteiger partial charge on any atom is -0.370 e. The Morgan fingerprint density at radius 3 is 2.66 bits per heavy atom. The Morgan fingerprint density at radius 1 is 1.24 bits per heavy atom. The molecule has 1 aromatic carbocycles. The monoisotopic (exact) mass is 429 g/mol. The van der Waals surface area contributed by atoms with Crippen molar-refractivity contribution in [1.82, 2.24) is 19.7 Å². The van der Waals surface area contributed by atoms with Gasteiger partial charge in [0, 0.05) is 36.1 Å². The van der Waals surface area contributed by atoms with Gasteiger partial charge in [-0.25, -0.2) is 4.98 Å². The number of benzene rings is 1. The van der Waals surface area contributed by atoms with Crippen LogP contribution in [0.1, 0.15) is 44.3 Å². The zero-order valence-electron chi connectivity index (χ0n) is 17.1. The Kier molecular flexibility index (Phi) is 7.44. The SMILES string of the molecule is CCc1ccc(-c2nc(CSc3nnc(CCC(N)=O)n3CC(C)C)cs2)cc1. The molecule has 2 N–H and O–H groups in total. The number of hydrogen-bond acceptors (Lipinski definition) is 6. The number of amides is 1. The van der Waals surface area contributed by atoms with Crippen molar-refractivity contribution in [2.45, 2.75) is 57.5 Å². The highest BCUT2D eigenvalue weighted by molar-refractivity contribution is 7.98. The number of thiazole rings is 1. The van der Waals surface area contributed by atoms with Gasteiger partial charge in [-0.15, -0.1) is 21.5 Å². The van der Waals surface area contributed by atoms with Crippen molar-refractivity contribution in [3.63, 3.8) is 0 Å². The van der Waals surface area contributed by atoms with Crippen molar-refractivity contribution in [3.8, 4) is 10.6 Å². The van der Waals surface area contributed by atoms with Crippen molar-refractivity contribution in [3.05, 3.63) is 46.7 Å². The summed E-state index contributed by atoms with van der Waals surface area (Å²) in [5.74, 6) is 1.68. The summed E-state index contributed by atoms with van der Waals surface area (Å²) in [6.45, 7) is 7.28. The number of rotatable bonds is 10. The number of aryl methyl sites for hydroxylation is 2. The van der Waals surface area contributed by atoms with Gasteiger partial charge in [-0.2, -0.15) is 0 Å². The molecule has 0 aliphatic rings. The van der Waals surface area contributed by atoms with Gasteiger partial charge in [0.15, 0.2) is 5.16 Å². The Hall–Kier alpha value is -2.19. The van der Waals surface area contributed by atoms with Crippen LogP contribution in [-0.4, -0.2) is 25.7 Å². The van der Waals surface area contributed by atoms with E-state index in [9.17, 15) is 4.79 Å². The van der Waals surface area contributed by atoms with Gasteiger partial charge in [-0.05, 0) is 17.9 Å². The summed E-state index contributed by atoms with van der Waals surface area (Å²) in [4.78, 5) is 15.9. The Labute approximate surface area is 180 Å². The zero-order valence-corrected chi connectivity index (χ0v) is 18.7. The fourth-order valence-corrected chi connectivity index (χ4v) is 4.71. The van der Waals surface area contributed by atoms with E-state index < -0.39 is 0 Å². The molecule has 0 atom stereocenters. The van der Waals surface area contributed by atoms with Crippen LogP contribution < -0.4 is 5.73 Å². The van der Waals surface area contributed by atoms with Crippen LogP contribution in [0.25, 0.3) is 10.6 Å². The Bertz CT molecular complexity index is 946. The maximum atomic E-state index is 11.1. The molecule has 2 heterocycles. The van der Waals surface area contributed by atoms with Gasteiger partial charge in [-0.1, -0.05) is 56.8 Å². The van der Waals surface area contributed by atoms with E-state index in [1.165, 1.54) is 5.56 Å². The third-order valence-electron chi connectivity index (χ3n) is 4.45. The van der Waals surface area contributed by atoms with E-state index in [-0.39, 0.29) is 12.3 Å². The van der Waals surface area contributed by atoms with Crippen LogP contribution in [0, 0.1) is 5.92 Å². The molecular formula is C21H27N5OS2. The molecule has 0 unspecified atom stereocenters. The van der Waals surface area contributed by atoms with E-state index in [2.05, 4.69) is 65.2 Å². The molecule has 0 fully saturated rings. The molecule has 0 aliphatic heterocycles. The second-order valence-corrected chi connectivity index (χ2v) is 9.15. The molecular weight excluding hydrogens is 402 g/mol.